The first-order chi connectivity index (χ1) is 8.75. The van der Waals surface area contributed by atoms with Crippen LogP contribution in [0.3, 0.4) is 0 Å². The maximum absolute atomic E-state index is 6.10. The van der Waals surface area contributed by atoms with Gasteiger partial charge in [-0.15, -0.1) is 0 Å². The number of aromatic nitrogens is 3. The summed E-state index contributed by atoms with van der Waals surface area (Å²) in [4.78, 5) is 12.8. The van der Waals surface area contributed by atoms with Crippen molar-refractivity contribution in [2.45, 2.75) is 0 Å². The Hall–Kier alpha value is -2.20. The molecule has 4 nitrogen and oxygen atoms in total. The summed E-state index contributed by atoms with van der Waals surface area (Å²) in [5.41, 5.74) is 7.40. The number of hydrogen-bond donors (Lipinski definition) is 1. The molecule has 3 aromatic rings. The molecule has 18 heavy (non-hydrogen) atoms. The molecule has 0 radical (unpaired) electrons. The Morgan fingerprint density at radius 1 is 1.06 bits per heavy atom. The van der Waals surface area contributed by atoms with Gasteiger partial charge in [0.05, 0.1) is 16.1 Å². The zero-order chi connectivity index (χ0) is 12.5. The second-order valence-corrected chi connectivity index (χ2v) is 4.21. The Kier molecular flexibility index (Phi) is 2.57. The van der Waals surface area contributed by atoms with Gasteiger partial charge in [0.25, 0.3) is 0 Å². The summed E-state index contributed by atoms with van der Waals surface area (Å²) in [5, 5.41) is 1.39. The Morgan fingerprint density at radius 3 is 2.72 bits per heavy atom. The molecule has 0 saturated carbocycles. The summed E-state index contributed by atoms with van der Waals surface area (Å²) in [6.45, 7) is 0. The summed E-state index contributed by atoms with van der Waals surface area (Å²) >= 11 is 6.10. The molecule has 0 unspecified atom stereocenters. The smallest absolute Gasteiger partial charge is 0.165 e. The third kappa shape index (κ3) is 1.76. The van der Waals surface area contributed by atoms with Crippen LogP contribution in [0.1, 0.15) is 0 Å². The van der Waals surface area contributed by atoms with Crippen molar-refractivity contribution < 1.29 is 0 Å². The van der Waals surface area contributed by atoms with Crippen LogP contribution >= 0.6 is 11.6 Å². The quantitative estimate of drug-likeness (QED) is 0.727. The van der Waals surface area contributed by atoms with E-state index in [0.29, 0.717) is 22.2 Å². The van der Waals surface area contributed by atoms with E-state index in [0.717, 1.165) is 10.9 Å². The summed E-state index contributed by atoms with van der Waals surface area (Å²) in [7, 11) is 0. The predicted octanol–water partition coefficient (Wildman–Crippen LogP) is 2.93. The lowest BCUT2D eigenvalue weighted by atomic mass is 10.2. The van der Waals surface area contributed by atoms with Gasteiger partial charge in [-0.25, -0.2) is 9.97 Å². The number of halogens is 1. The lowest BCUT2D eigenvalue weighted by molar-refractivity contribution is 1.21. The van der Waals surface area contributed by atoms with Crippen LogP contribution in [-0.4, -0.2) is 15.0 Å². The van der Waals surface area contributed by atoms with Gasteiger partial charge in [0.1, 0.15) is 5.82 Å². The molecule has 0 amide bonds. The maximum atomic E-state index is 6.10. The van der Waals surface area contributed by atoms with Crippen LogP contribution in [0.2, 0.25) is 5.02 Å². The van der Waals surface area contributed by atoms with Crippen molar-refractivity contribution in [1.82, 2.24) is 15.0 Å². The first-order valence-electron chi connectivity index (χ1n) is 5.38. The van der Waals surface area contributed by atoms with Crippen molar-refractivity contribution >= 4 is 28.3 Å². The highest BCUT2D eigenvalue weighted by molar-refractivity contribution is 6.33. The molecule has 2 N–H and O–H groups in total. The molecule has 0 spiro atoms. The fourth-order valence-electron chi connectivity index (χ4n) is 1.76. The number of anilines is 1. The van der Waals surface area contributed by atoms with Crippen molar-refractivity contribution in [3.63, 3.8) is 0 Å². The number of hydrogen-bond acceptors (Lipinski definition) is 4. The highest BCUT2D eigenvalue weighted by Crippen LogP contribution is 2.27. The molecule has 0 fully saturated rings. The molecular formula is C13H9ClN4. The van der Waals surface area contributed by atoms with Gasteiger partial charge in [-0.1, -0.05) is 23.7 Å². The third-order valence-electron chi connectivity index (χ3n) is 2.64. The number of nitrogens with two attached hydrogens (primary N) is 1. The van der Waals surface area contributed by atoms with Crippen molar-refractivity contribution in [3.05, 3.63) is 47.7 Å². The zero-order valence-corrected chi connectivity index (χ0v) is 10.1. The minimum absolute atomic E-state index is 0.440. The number of rotatable bonds is 1. The van der Waals surface area contributed by atoms with Crippen LogP contribution in [0.15, 0.2) is 42.7 Å². The highest BCUT2D eigenvalue weighted by atomic mass is 35.5. The van der Waals surface area contributed by atoms with Crippen LogP contribution in [0, 0.1) is 0 Å². The largest absolute Gasteiger partial charge is 0.383 e. The second-order valence-electron chi connectivity index (χ2n) is 3.81. The fourth-order valence-corrected chi connectivity index (χ4v) is 1.95. The van der Waals surface area contributed by atoms with Gasteiger partial charge >= 0.3 is 0 Å². The molecule has 0 atom stereocenters. The molecule has 0 bridgehead atoms. The van der Waals surface area contributed by atoms with Crippen molar-refractivity contribution in [1.29, 1.82) is 0 Å². The third-order valence-corrected chi connectivity index (χ3v) is 2.97. The van der Waals surface area contributed by atoms with Crippen LogP contribution in [-0.2, 0) is 0 Å². The van der Waals surface area contributed by atoms with Crippen LogP contribution in [0.5, 0.6) is 0 Å². The van der Waals surface area contributed by atoms with E-state index < -0.39 is 0 Å². The van der Waals surface area contributed by atoms with Gasteiger partial charge in [-0.05, 0) is 18.2 Å². The summed E-state index contributed by atoms with van der Waals surface area (Å²) in [5.74, 6) is 0.930. The van der Waals surface area contributed by atoms with Gasteiger partial charge < -0.3 is 5.73 Å². The van der Waals surface area contributed by atoms with Gasteiger partial charge in [0, 0.05) is 17.8 Å². The van der Waals surface area contributed by atoms with Gasteiger partial charge in [-0.3, -0.25) is 4.98 Å². The molecular weight excluding hydrogens is 248 g/mol. The summed E-state index contributed by atoms with van der Waals surface area (Å²) < 4.78 is 0. The number of pyridine rings is 1. The van der Waals surface area contributed by atoms with E-state index in [-0.39, 0.29) is 0 Å². The topological polar surface area (TPSA) is 64.7 Å². The normalized spacial score (nSPS) is 10.7. The molecule has 0 aliphatic heterocycles. The minimum Gasteiger partial charge on any atom is -0.383 e. The van der Waals surface area contributed by atoms with E-state index in [4.69, 9.17) is 17.3 Å². The Bertz CT molecular complexity index is 727. The number of benzene rings is 1. The maximum Gasteiger partial charge on any atom is 0.165 e. The van der Waals surface area contributed by atoms with Crippen LogP contribution in [0.25, 0.3) is 22.3 Å². The number of nitrogen functional groups attached to an aromatic ring is 1. The van der Waals surface area contributed by atoms with Crippen molar-refractivity contribution in [2.75, 3.05) is 5.73 Å². The average molecular weight is 257 g/mol. The number of para-hydroxylation sites is 1. The number of fused-ring (bicyclic) bond motifs is 1. The first-order valence-corrected chi connectivity index (χ1v) is 5.75. The van der Waals surface area contributed by atoms with E-state index in [1.807, 2.05) is 24.3 Å². The molecule has 0 aliphatic carbocycles. The molecule has 1 aromatic carbocycles. The van der Waals surface area contributed by atoms with Crippen molar-refractivity contribution in [2.24, 2.45) is 0 Å². The molecule has 88 valence electrons. The fraction of sp³-hybridized carbons (Fsp3) is 0. The lowest BCUT2D eigenvalue weighted by Gasteiger charge is -2.06. The van der Waals surface area contributed by atoms with Gasteiger partial charge in [-0.2, -0.15) is 0 Å². The van der Waals surface area contributed by atoms with Gasteiger partial charge in [0.2, 0.25) is 0 Å². The van der Waals surface area contributed by atoms with E-state index in [1.54, 1.807) is 18.5 Å². The highest BCUT2D eigenvalue weighted by Gasteiger charge is 2.09. The number of nitrogens with zero attached hydrogens (tertiary/aromatic N) is 3. The predicted molar refractivity (Wildman–Crippen MR) is 72.2 cm³/mol. The molecule has 0 saturated heterocycles. The minimum atomic E-state index is 0.440. The van der Waals surface area contributed by atoms with Gasteiger partial charge in [0.15, 0.2) is 5.82 Å². The molecule has 2 aromatic heterocycles. The molecule has 5 heteroatoms. The summed E-state index contributed by atoms with van der Waals surface area (Å²) in [6.07, 6.45) is 3.25. The van der Waals surface area contributed by atoms with E-state index >= 15 is 0 Å². The van der Waals surface area contributed by atoms with E-state index in [2.05, 4.69) is 15.0 Å². The monoisotopic (exact) mass is 256 g/mol. The second kappa shape index (κ2) is 4.23. The average Bonchev–Trinajstić information content (AvgIpc) is 2.39. The van der Waals surface area contributed by atoms with Crippen LogP contribution in [0.4, 0.5) is 5.82 Å². The Balaban J connectivity index is 2.28. The standard InChI is InChI=1S/C13H9ClN4/c14-10-5-6-16-7-9(10)13-17-11-4-2-1-3-8(11)12(15)18-13/h1-7H,(H2,15,17,18). The van der Waals surface area contributed by atoms with E-state index in [1.165, 1.54) is 0 Å². The first kappa shape index (κ1) is 10.9. The van der Waals surface area contributed by atoms with Crippen LogP contribution < -0.4 is 5.73 Å². The summed E-state index contributed by atoms with van der Waals surface area (Å²) in [6, 6.07) is 9.29. The lowest BCUT2D eigenvalue weighted by Crippen LogP contribution is -1.98. The van der Waals surface area contributed by atoms with E-state index in [9.17, 15) is 0 Å². The molecule has 2 heterocycles. The Labute approximate surface area is 108 Å². The SMILES string of the molecule is Nc1nc(-c2cnccc2Cl)nc2ccccc12. The molecule has 3 rings (SSSR count). The van der Waals surface area contributed by atoms with Crippen molar-refractivity contribution in [3.8, 4) is 11.4 Å². The Morgan fingerprint density at radius 2 is 1.89 bits per heavy atom. The molecule has 0 aliphatic rings. The zero-order valence-electron chi connectivity index (χ0n) is 9.34.